The van der Waals surface area contributed by atoms with Crippen LogP contribution >= 0.6 is 0 Å². The molecule has 0 aliphatic carbocycles. The molecule has 1 aromatic carbocycles. The van der Waals surface area contributed by atoms with Gasteiger partial charge in [0.05, 0.1) is 13.1 Å². The fourth-order valence-electron chi connectivity index (χ4n) is 3.89. The molecular formula is C23H40F2N+. The van der Waals surface area contributed by atoms with Crippen LogP contribution in [0.15, 0.2) is 18.2 Å². The monoisotopic (exact) mass is 368 g/mol. The maximum atomic E-state index is 14.4. The van der Waals surface area contributed by atoms with E-state index in [2.05, 4.69) is 27.7 Å². The highest BCUT2D eigenvalue weighted by Crippen LogP contribution is 2.20. The Hall–Kier alpha value is -0.960. The number of hydrogen-bond acceptors (Lipinski definition) is 0. The first-order chi connectivity index (χ1) is 12.5. The van der Waals surface area contributed by atoms with Gasteiger partial charge in [0, 0.05) is 12.0 Å². The molecule has 0 amide bonds. The molecule has 0 saturated carbocycles. The highest BCUT2D eigenvalue weighted by Gasteiger charge is 2.22. The predicted octanol–water partition coefficient (Wildman–Crippen LogP) is 6.30. The van der Waals surface area contributed by atoms with Crippen LogP contribution in [-0.2, 0) is 0 Å². The second-order valence-electron chi connectivity index (χ2n) is 7.97. The molecule has 3 unspecified atom stereocenters. The van der Waals surface area contributed by atoms with Gasteiger partial charge in [-0.2, -0.15) is 4.39 Å². The van der Waals surface area contributed by atoms with E-state index in [1.165, 1.54) is 57.4 Å². The van der Waals surface area contributed by atoms with Gasteiger partial charge in [0.1, 0.15) is 0 Å². The van der Waals surface area contributed by atoms with Gasteiger partial charge in [0.15, 0.2) is 11.5 Å². The first-order valence-corrected chi connectivity index (χ1v) is 10.8. The summed E-state index contributed by atoms with van der Waals surface area (Å²) in [6.45, 7) is 10.8. The van der Waals surface area contributed by atoms with Crippen LogP contribution in [0.3, 0.4) is 0 Å². The molecule has 26 heavy (non-hydrogen) atoms. The summed E-state index contributed by atoms with van der Waals surface area (Å²) in [6.07, 6.45) is 10.9. The number of nitrogens with one attached hydrogen (secondary N) is 1. The maximum absolute atomic E-state index is 14.4. The Morgan fingerprint density at radius 3 is 2.35 bits per heavy atom. The van der Waals surface area contributed by atoms with E-state index in [0.717, 1.165) is 30.3 Å². The lowest BCUT2D eigenvalue weighted by Crippen LogP contribution is -3.08. The van der Waals surface area contributed by atoms with Crippen molar-refractivity contribution >= 4 is 5.69 Å². The summed E-state index contributed by atoms with van der Waals surface area (Å²) in [7, 11) is 0. The zero-order valence-electron chi connectivity index (χ0n) is 17.4. The summed E-state index contributed by atoms with van der Waals surface area (Å²) in [5, 5.41) is 0. The standard InChI is InChI=1S/C23H39F2N/c1-5-8-9-10-17-26(22-14-11-13-21(24)23(22)25)18-19(4)15-16-20(7-3)12-6-2/h11,13-14,19-20H,5-10,12,15-18H2,1-4H3/p+1. The van der Waals surface area contributed by atoms with Crippen molar-refractivity contribution < 1.29 is 13.7 Å². The van der Waals surface area contributed by atoms with Crippen LogP contribution in [0.25, 0.3) is 0 Å². The van der Waals surface area contributed by atoms with Crippen LogP contribution in [0.4, 0.5) is 14.5 Å². The van der Waals surface area contributed by atoms with Gasteiger partial charge in [-0.25, -0.2) is 4.39 Å². The lowest BCUT2D eigenvalue weighted by Gasteiger charge is -2.24. The Morgan fingerprint density at radius 1 is 0.923 bits per heavy atom. The van der Waals surface area contributed by atoms with E-state index in [0.29, 0.717) is 11.6 Å². The summed E-state index contributed by atoms with van der Waals surface area (Å²) in [5.41, 5.74) is 0.508. The number of halogens is 2. The smallest absolute Gasteiger partial charge is 0.219 e. The minimum Gasteiger partial charge on any atom is -0.300 e. The quantitative estimate of drug-likeness (QED) is 0.367. The van der Waals surface area contributed by atoms with Crippen LogP contribution in [0.1, 0.15) is 85.5 Å². The molecule has 0 heterocycles. The first-order valence-electron chi connectivity index (χ1n) is 10.8. The Kier molecular flexibility index (Phi) is 11.8. The minimum atomic E-state index is -0.727. The largest absolute Gasteiger partial charge is 0.300 e. The molecule has 0 bridgehead atoms. The first kappa shape index (κ1) is 23.1. The molecule has 3 heteroatoms. The molecule has 1 N–H and O–H groups in total. The third-order valence-electron chi connectivity index (χ3n) is 5.60. The lowest BCUT2D eigenvalue weighted by atomic mass is 9.91. The number of hydrogen-bond donors (Lipinski definition) is 1. The van der Waals surface area contributed by atoms with Gasteiger partial charge in [-0.05, 0) is 37.7 Å². The molecular weight excluding hydrogens is 328 g/mol. The zero-order chi connectivity index (χ0) is 19.4. The molecule has 1 rings (SSSR count). The Labute approximate surface area is 160 Å². The van der Waals surface area contributed by atoms with Crippen molar-refractivity contribution in [2.45, 2.75) is 85.5 Å². The molecule has 0 saturated heterocycles. The summed E-state index contributed by atoms with van der Waals surface area (Å²) >= 11 is 0. The van der Waals surface area contributed by atoms with Gasteiger partial charge in [-0.15, -0.1) is 0 Å². The van der Waals surface area contributed by atoms with Gasteiger partial charge in [-0.3, -0.25) is 4.90 Å². The van der Waals surface area contributed by atoms with Crippen molar-refractivity contribution in [1.82, 2.24) is 0 Å². The number of quaternary nitrogens is 1. The molecule has 0 aromatic heterocycles. The summed E-state index contributed by atoms with van der Waals surface area (Å²) < 4.78 is 28.1. The minimum absolute atomic E-state index is 0.508. The van der Waals surface area contributed by atoms with Crippen LogP contribution in [0.5, 0.6) is 0 Å². The molecule has 0 radical (unpaired) electrons. The Bertz CT molecular complexity index is 489. The maximum Gasteiger partial charge on any atom is 0.219 e. The highest BCUT2D eigenvalue weighted by atomic mass is 19.2. The van der Waals surface area contributed by atoms with E-state index in [9.17, 15) is 8.78 Å². The van der Waals surface area contributed by atoms with E-state index in [4.69, 9.17) is 0 Å². The summed E-state index contributed by atoms with van der Waals surface area (Å²) in [4.78, 5) is 1.11. The number of benzene rings is 1. The number of rotatable bonds is 14. The predicted molar refractivity (Wildman–Crippen MR) is 108 cm³/mol. The second kappa shape index (κ2) is 13.2. The van der Waals surface area contributed by atoms with Crippen molar-refractivity contribution in [3.05, 3.63) is 29.8 Å². The van der Waals surface area contributed by atoms with Gasteiger partial charge < -0.3 is 0 Å². The van der Waals surface area contributed by atoms with E-state index in [1.54, 1.807) is 12.1 Å². The zero-order valence-corrected chi connectivity index (χ0v) is 17.4. The van der Waals surface area contributed by atoms with Crippen LogP contribution in [0.2, 0.25) is 0 Å². The van der Waals surface area contributed by atoms with Gasteiger partial charge in [-0.1, -0.05) is 65.9 Å². The van der Waals surface area contributed by atoms with Crippen molar-refractivity contribution in [2.75, 3.05) is 13.1 Å². The molecule has 0 aliphatic heterocycles. The highest BCUT2D eigenvalue weighted by molar-refractivity contribution is 5.31. The Morgan fingerprint density at radius 2 is 1.69 bits per heavy atom. The molecule has 1 nitrogen and oxygen atoms in total. The van der Waals surface area contributed by atoms with Crippen molar-refractivity contribution in [3.63, 3.8) is 0 Å². The molecule has 1 aromatic rings. The molecule has 150 valence electrons. The second-order valence-corrected chi connectivity index (χ2v) is 7.97. The third kappa shape index (κ3) is 8.16. The van der Waals surface area contributed by atoms with E-state index in [-0.39, 0.29) is 0 Å². The van der Waals surface area contributed by atoms with Crippen LogP contribution in [0, 0.1) is 23.5 Å². The third-order valence-corrected chi connectivity index (χ3v) is 5.60. The van der Waals surface area contributed by atoms with Gasteiger partial charge >= 0.3 is 0 Å². The van der Waals surface area contributed by atoms with Crippen molar-refractivity contribution in [2.24, 2.45) is 11.8 Å². The normalized spacial score (nSPS) is 15.0. The van der Waals surface area contributed by atoms with Crippen molar-refractivity contribution in [3.8, 4) is 0 Å². The summed E-state index contributed by atoms with van der Waals surface area (Å²) in [5.74, 6) is -0.0658. The van der Waals surface area contributed by atoms with Gasteiger partial charge in [0.25, 0.3) is 0 Å². The van der Waals surface area contributed by atoms with Crippen LogP contribution < -0.4 is 4.90 Å². The topological polar surface area (TPSA) is 4.44 Å². The fraction of sp³-hybridized carbons (Fsp3) is 0.739. The SMILES string of the molecule is CCCCCC[NH+](CC(C)CCC(CC)CCC)c1cccc(F)c1F. The summed E-state index contributed by atoms with van der Waals surface area (Å²) in [6, 6.07) is 4.61. The van der Waals surface area contributed by atoms with Gasteiger partial charge in [0.2, 0.25) is 5.82 Å². The van der Waals surface area contributed by atoms with E-state index < -0.39 is 11.6 Å². The van der Waals surface area contributed by atoms with Crippen molar-refractivity contribution in [1.29, 1.82) is 0 Å². The van der Waals surface area contributed by atoms with E-state index >= 15 is 0 Å². The average Bonchev–Trinajstić information content (AvgIpc) is 2.63. The average molecular weight is 369 g/mol. The van der Waals surface area contributed by atoms with Crippen LogP contribution in [-0.4, -0.2) is 13.1 Å². The molecule has 0 aliphatic rings. The van der Waals surface area contributed by atoms with E-state index in [1.807, 2.05) is 0 Å². The molecule has 3 atom stereocenters. The molecule has 0 fully saturated rings. The Balaban J connectivity index is 2.70. The number of unbranched alkanes of at least 4 members (excludes halogenated alkanes) is 3. The molecule has 0 spiro atoms. The fourth-order valence-corrected chi connectivity index (χ4v) is 3.89. The lowest BCUT2D eigenvalue weighted by molar-refractivity contribution is -0.838.